The van der Waals surface area contributed by atoms with Gasteiger partial charge in [-0.15, -0.1) is 10.2 Å². The van der Waals surface area contributed by atoms with Crippen LogP contribution in [0.5, 0.6) is 0 Å². The van der Waals surface area contributed by atoms with E-state index in [0.717, 1.165) is 17.6 Å². The van der Waals surface area contributed by atoms with E-state index in [-0.39, 0.29) is 0 Å². The fourth-order valence-corrected chi connectivity index (χ4v) is 0.571. The van der Waals surface area contributed by atoms with Crippen molar-refractivity contribution in [3.05, 3.63) is 17.6 Å². The Labute approximate surface area is 54.5 Å². The van der Waals surface area contributed by atoms with Gasteiger partial charge in [-0.1, -0.05) is 13.8 Å². The van der Waals surface area contributed by atoms with Gasteiger partial charge in [0.2, 0.25) is 0 Å². The van der Waals surface area contributed by atoms with E-state index in [4.69, 9.17) is 0 Å². The van der Waals surface area contributed by atoms with Gasteiger partial charge in [0.1, 0.15) is 11.6 Å². The molecule has 9 heavy (non-hydrogen) atoms. The first-order valence-corrected chi connectivity index (χ1v) is 2.90. The molecule has 1 heterocycles. The zero-order valence-corrected chi connectivity index (χ0v) is 5.89. The van der Waals surface area contributed by atoms with Crippen LogP contribution in [0.2, 0.25) is 0 Å². The highest BCUT2D eigenvalue weighted by Crippen LogP contribution is 2.04. The van der Waals surface area contributed by atoms with Crippen LogP contribution in [0.3, 0.4) is 0 Å². The van der Waals surface area contributed by atoms with E-state index in [2.05, 4.69) is 15.2 Å². The summed E-state index contributed by atoms with van der Waals surface area (Å²) < 4.78 is 0. The molecule has 0 atom stereocenters. The van der Waals surface area contributed by atoms with Gasteiger partial charge in [0.15, 0.2) is 0 Å². The minimum atomic E-state index is 0.867. The summed E-state index contributed by atoms with van der Waals surface area (Å²) in [5.74, 6) is 2.91. The van der Waals surface area contributed by atoms with Crippen LogP contribution in [0.1, 0.15) is 25.5 Å². The maximum Gasteiger partial charge on any atom is 0.137 e. The Morgan fingerprint density at radius 1 is 1.33 bits per heavy atom. The molecule has 0 fully saturated rings. The minimum Gasteiger partial charge on any atom is -0.329 e. The molecule has 1 radical (unpaired) electrons. The van der Waals surface area contributed by atoms with E-state index >= 15 is 0 Å². The Bertz CT molecular complexity index is 190. The van der Waals surface area contributed by atoms with Gasteiger partial charge in [0.25, 0.3) is 0 Å². The number of nitrogens with one attached hydrogen (secondary N) is 1. The van der Waals surface area contributed by atoms with E-state index in [1.807, 2.05) is 20.8 Å². The summed E-state index contributed by atoms with van der Waals surface area (Å²) in [5.41, 5.74) is 0. The lowest BCUT2D eigenvalue weighted by molar-refractivity contribution is 0.967. The Morgan fingerprint density at radius 2 is 2.00 bits per heavy atom. The number of H-pyrrole nitrogens is 1. The number of nitrogens with zero attached hydrogens (tertiary/aromatic N) is 2. The van der Waals surface area contributed by atoms with Crippen molar-refractivity contribution in [1.29, 1.82) is 0 Å². The van der Waals surface area contributed by atoms with Crippen LogP contribution in [0.15, 0.2) is 0 Å². The van der Waals surface area contributed by atoms with Crippen molar-refractivity contribution in [1.82, 2.24) is 15.2 Å². The SMILES string of the molecule is C[C](C)c1nnc(C)[nH]1. The van der Waals surface area contributed by atoms with Gasteiger partial charge < -0.3 is 4.98 Å². The lowest BCUT2D eigenvalue weighted by atomic mass is 10.2. The molecule has 0 amide bonds. The molecule has 1 N–H and O–H groups in total. The second-order valence-electron chi connectivity index (χ2n) is 2.26. The Kier molecular flexibility index (Phi) is 1.51. The molecule has 1 aromatic heterocycles. The van der Waals surface area contributed by atoms with E-state index in [9.17, 15) is 0 Å². The Hall–Kier alpha value is -0.860. The molecule has 0 aliphatic carbocycles. The summed E-state index contributed by atoms with van der Waals surface area (Å²) in [6, 6.07) is 0. The third-order valence-corrected chi connectivity index (χ3v) is 1.07. The summed E-state index contributed by atoms with van der Waals surface area (Å²) >= 11 is 0. The average Bonchev–Trinajstić information content (AvgIpc) is 2.14. The molecule has 0 aliphatic heterocycles. The zero-order chi connectivity index (χ0) is 6.85. The highest BCUT2D eigenvalue weighted by Gasteiger charge is 2.02. The molecular formula is C6H10N3. The van der Waals surface area contributed by atoms with Crippen molar-refractivity contribution in [3.63, 3.8) is 0 Å². The number of hydrogen-bond donors (Lipinski definition) is 1. The standard InChI is InChI=1S/C6H10N3/c1-4(2)6-7-5(3)8-9-6/h1-3H3,(H,7,8,9). The first-order chi connectivity index (χ1) is 4.20. The fraction of sp³-hybridized carbons (Fsp3) is 0.500. The summed E-state index contributed by atoms with van der Waals surface area (Å²) in [6.45, 7) is 5.89. The van der Waals surface area contributed by atoms with Crippen molar-refractivity contribution in [2.45, 2.75) is 20.8 Å². The fourth-order valence-electron chi connectivity index (χ4n) is 0.571. The van der Waals surface area contributed by atoms with Crippen molar-refractivity contribution < 1.29 is 0 Å². The number of aromatic nitrogens is 3. The van der Waals surface area contributed by atoms with Crippen LogP contribution in [0.4, 0.5) is 0 Å². The third kappa shape index (κ3) is 1.28. The second kappa shape index (κ2) is 2.17. The topological polar surface area (TPSA) is 41.6 Å². The molecule has 3 nitrogen and oxygen atoms in total. The van der Waals surface area contributed by atoms with Gasteiger partial charge >= 0.3 is 0 Å². The zero-order valence-electron chi connectivity index (χ0n) is 5.89. The van der Waals surface area contributed by atoms with Crippen LogP contribution in [-0.2, 0) is 0 Å². The summed E-state index contributed by atoms with van der Waals surface area (Å²) in [4.78, 5) is 3.02. The van der Waals surface area contributed by atoms with Crippen molar-refractivity contribution >= 4 is 0 Å². The van der Waals surface area contributed by atoms with Gasteiger partial charge in [-0.25, -0.2) is 0 Å². The van der Waals surface area contributed by atoms with Crippen LogP contribution < -0.4 is 0 Å². The number of aromatic amines is 1. The molecule has 0 aromatic carbocycles. The predicted molar refractivity (Wildman–Crippen MR) is 34.8 cm³/mol. The van der Waals surface area contributed by atoms with Gasteiger partial charge in [-0.3, -0.25) is 0 Å². The number of hydrogen-bond acceptors (Lipinski definition) is 2. The summed E-state index contributed by atoms with van der Waals surface area (Å²) in [5, 5.41) is 7.68. The molecule has 3 heteroatoms. The van der Waals surface area contributed by atoms with Gasteiger partial charge in [0.05, 0.1) is 0 Å². The lowest BCUT2D eigenvalue weighted by Gasteiger charge is -1.93. The molecule has 0 saturated carbocycles. The van der Waals surface area contributed by atoms with E-state index in [1.165, 1.54) is 0 Å². The molecule has 1 rings (SSSR count). The van der Waals surface area contributed by atoms with Crippen LogP contribution in [0, 0.1) is 12.8 Å². The van der Waals surface area contributed by atoms with Crippen LogP contribution in [0.25, 0.3) is 0 Å². The maximum atomic E-state index is 3.87. The normalized spacial score (nSPS) is 10.7. The van der Waals surface area contributed by atoms with Crippen molar-refractivity contribution in [2.75, 3.05) is 0 Å². The molecular weight excluding hydrogens is 114 g/mol. The molecule has 1 aromatic rings. The highest BCUT2D eigenvalue weighted by molar-refractivity contribution is 5.08. The van der Waals surface area contributed by atoms with Crippen LogP contribution >= 0.6 is 0 Å². The monoisotopic (exact) mass is 124 g/mol. The van der Waals surface area contributed by atoms with Gasteiger partial charge in [0, 0.05) is 5.92 Å². The van der Waals surface area contributed by atoms with E-state index in [1.54, 1.807) is 0 Å². The Balaban J connectivity index is 2.85. The molecule has 0 saturated heterocycles. The van der Waals surface area contributed by atoms with Crippen molar-refractivity contribution in [2.24, 2.45) is 0 Å². The van der Waals surface area contributed by atoms with Crippen LogP contribution in [-0.4, -0.2) is 15.2 Å². The third-order valence-electron chi connectivity index (χ3n) is 1.07. The van der Waals surface area contributed by atoms with Crippen molar-refractivity contribution in [3.8, 4) is 0 Å². The molecule has 0 unspecified atom stereocenters. The van der Waals surface area contributed by atoms with E-state index < -0.39 is 0 Å². The van der Waals surface area contributed by atoms with Gasteiger partial charge in [-0.05, 0) is 6.92 Å². The number of aryl methyl sites for hydroxylation is 1. The minimum absolute atomic E-state index is 0.867. The van der Waals surface area contributed by atoms with E-state index in [0.29, 0.717) is 0 Å². The molecule has 49 valence electrons. The lowest BCUT2D eigenvalue weighted by Crippen LogP contribution is -1.90. The quantitative estimate of drug-likeness (QED) is 0.608. The Morgan fingerprint density at radius 3 is 2.22 bits per heavy atom. The highest BCUT2D eigenvalue weighted by atomic mass is 15.2. The maximum absolute atomic E-state index is 3.87. The molecule has 0 bridgehead atoms. The summed E-state index contributed by atoms with van der Waals surface area (Å²) in [7, 11) is 0. The smallest absolute Gasteiger partial charge is 0.137 e. The first kappa shape index (κ1) is 6.26. The average molecular weight is 124 g/mol. The first-order valence-electron chi connectivity index (χ1n) is 2.90. The largest absolute Gasteiger partial charge is 0.329 e. The number of rotatable bonds is 1. The summed E-state index contributed by atoms with van der Waals surface area (Å²) in [6.07, 6.45) is 0. The second-order valence-corrected chi connectivity index (χ2v) is 2.26. The van der Waals surface area contributed by atoms with Gasteiger partial charge in [-0.2, -0.15) is 0 Å². The predicted octanol–water partition coefficient (Wildman–Crippen LogP) is 1.08. The molecule has 0 spiro atoms. The molecule has 0 aliphatic rings.